The Bertz CT molecular complexity index is 272. The van der Waals surface area contributed by atoms with Gasteiger partial charge in [-0.3, -0.25) is 0 Å². The third kappa shape index (κ3) is 1.73. The van der Waals surface area contributed by atoms with Crippen molar-refractivity contribution in [2.45, 2.75) is 44.9 Å². The van der Waals surface area contributed by atoms with Gasteiger partial charge in [0, 0.05) is 6.42 Å². The molecule has 1 fully saturated rings. The summed E-state index contributed by atoms with van der Waals surface area (Å²) in [4.78, 5) is 3.45. The molecule has 0 aromatic carbocycles. The Labute approximate surface area is 79.3 Å². The van der Waals surface area contributed by atoms with Gasteiger partial charge in [0.15, 0.2) is 0 Å². The Morgan fingerprint density at radius 2 is 2.15 bits per heavy atom. The van der Waals surface area contributed by atoms with Gasteiger partial charge in [-0.15, -0.1) is 0 Å². The van der Waals surface area contributed by atoms with E-state index in [1.165, 1.54) is 44.1 Å². The molecule has 0 aromatic rings. The summed E-state index contributed by atoms with van der Waals surface area (Å²) in [5.74, 6) is 0.487. The third-order valence-electron chi connectivity index (χ3n) is 3.23. The van der Waals surface area contributed by atoms with Crippen molar-refractivity contribution in [3.8, 4) is 0 Å². The quantitative estimate of drug-likeness (QED) is 0.309. The van der Waals surface area contributed by atoms with E-state index in [2.05, 4.69) is 10.9 Å². The first-order chi connectivity index (χ1) is 6.42. The maximum Gasteiger partial charge on any atom is 0.275 e. The van der Waals surface area contributed by atoms with Gasteiger partial charge in [0.2, 0.25) is 0 Å². The minimum absolute atomic E-state index is 0.487. The molecule has 13 heavy (non-hydrogen) atoms. The third-order valence-corrected chi connectivity index (χ3v) is 3.23. The maximum absolute atomic E-state index is 8.88. The predicted octanol–water partition coefficient (Wildman–Crippen LogP) is 2.96. The van der Waals surface area contributed by atoms with Gasteiger partial charge in [-0.25, -0.2) is 0 Å². The van der Waals surface area contributed by atoms with E-state index < -0.39 is 0 Å². The molecule has 2 aliphatic rings. The molecular weight excluding hydrogens is 160 g/mol. The Morgan fingerprint density at radius 3 is 3.00 bits per heavy atom. The van der Waals surface area contributed by atoms with Crippen LogP contribution < -0.4 is 0 Å². The van der Waals surface area contributed by atoms with E-state index in [0.717, 1.165) is 12.1 Å². The molecule has 1 saturated carbocycles. The van der Waals surface area contributed by atoms with Crippen molar-refractivity contribution in [3.63, 3.8) is 0 Å². The van der Waals surface area contributed by atoms with Crippen LogP contribution >= 0.6 is 0 Å². The van der Waals surface area contributed by atoms with Gasteiger partial charge in [0.25, 0.3) is 5.71 Å². The zero-order valence-electron chi connectivity index (χ0n) is 8.00. The maximum atomic E-state index is 8.88. The van der Waals surface area contributed by atoms with E-state index in [1.807, 2.05) is 0 Å². The van der Waals surface area contributed by atoms with Crippen molar-refractivity contribution in [1.82, 2.24) is 0 Å². The molecule has 0 N–H and O–H groups in total. The van der Waals surface area contributed by atoms with Crippen LogP contribution in [0.5, 0.6) is 0 Å². The van der Waals surface area contributed by atoms with Crippen LogP contribution in [0.4, 0.5) is 0 Å². The first kappa shape index (κ1) is 8.71. The van der Waals surface area contributed by atoms with Crippen LogP contribution in [0.15, 0.2) is 11.6 Å². The van der Waals surface area contributed by atoms with Crippen LogP contribution in [0.2, 0.25) is 0 Å². The Morgan fingerprint density at radius 1 is 1.23 bits per heavy atom. The van der Waals surface area contributed by atoms with Crippen molar-refractivity contribution in [2.24, 2.45) is 5.92 Å². The van der Waals surface area contributed by atoms with Gasteiger partial charge >= 0.3 is 0 Å². The summed E-state index contributed by atoms with van der Waals surface area (Å²) in [6.45, 7) is 0. The van der Waals surface area contributed by atoms with Gasteiger partial charge < -0.3 is 5.53 Å². The lowest BCUT2D eigenvalue weighted by molar-refractivity contribution is -0.0165. The van der Waals surface area contributed by atoms with E-state index in [9.17, 15) is 0 Å². The van der Waals surface area contributed by atoms with Crippen LogP contribution in [0.3, 0.4) is 0 Å². The normalized spacial score (nSPS) is 28.5. The summed E-state index contributed by atoms with van der Waals surface area (Å²) < 4.78 is 0. The highest BCUT2D eigenvalue weighted by atomic mass is 14.9. The molecule has 0 aromatic heterocycles. The molecular formula is C11H16N2. The molecule has 0 radical (unpaired) electrons. The van der Waals surface area contributed by atoms with Crippen LogP contribution in [-0.4, -0.2) is 10.5 Å². The average molecular weight is 176 g/mol. The topological polar surface area (TPSA) is 36.4 Å². The van der Waals surface area contributed by atoms with Crippen LogP contribution in [-0.2, 0) is 0 Å². The van der Waals surface area contributed by atoms with Gasteiger partial charge in [0.05, 0.1) is 5.92 Å². The molecule has 2 rings (SSSR count). The molecule has 0 amide bonds. The second-order valence-electron chi connectivity index (χ2n) is 4.06. The largest absolute Gasteiger partial charge is 0.362 e. The molecule has 0 bridgehead atoms. The van der Waals surface area contributed by atoms with Crippen molar-refractivity contribution in [2.75, 3.05) is 0 Å². The summed E-state index contributed by atoms with van der Waals surface area (Å²) in [5.41, 5.74) is 11.4. The zero-order valence-corrected chi connectivity index (χ0v) is 8.00. The fraction of sp³-hybridized carbons (Fsp3) is 0.727. The first-order valence-corrected chi connectivity index (χ1v) is 5.31. The summed E-state index contributed by atoms with van der Waals surface area (Å²) in [7, 11) is 0. The molecule has 0 heterocycles. The summed E-state index contributed by atoms with van der Waals surface area (Å²) in [5, 5.41) is 0. The van der Waals surface area contributed by atoms with Crippen molar-refractivity contribution < 1.29 is 4.79 Å². The standard InChI is InChI=1S/C11H16N2/c12-13-11-8-4-6-9-5-2-1-3-7-10(9)11/h5,10H,1-4,6-8H2. The van der Waals surface area contributed by atoms with Gasteiger partial charge in [0.1, 0.15) is 0 Å². The van der Waals surface area contributed by atoms with Gasteiger partial charge in [-0.1, -0.05) is 18.1 Å². The van der Waals surface area contributed by atoms with Crippen molar-refractivity contribution in [3.05, 3.63) is 17.2 Å². The summed E-state index contributed by atoms with van der Waals surface area (Å²) in [6.07, 6.45) is 10.8. The Hall–Kier alpha value is -0.880. The highest BCUT2D eigenvalue weighted by Crippen LogP contribution is 2.33. The fourth-order valence-electron chi connectivity index (χ4n) is 2.53. The molecule has 0 aliphatic heterocycles. The molecule has 1 unspecified atom stereocenters. The van der Waals surface area contributed by atoms with E-state index in [4.69, 9.17) is 5.53 Å². The number of hydrogen-bond acceptors (Lipinski definition) is 0. The monoisotopic (exact) mass is 176 g/mol. The van der Waals surface area contributed by atoms with Crippen molar-refractivity contribution in [1.29, 1.82) is 0 Å². The van der Waals surface area contributed by atoms with E-state index >= 15 is 0 Å². The SMILES string of the molecule is [N-]=[N+]=C1CCCC2=CCCCCC21. The lowest BCUT2D eigenvalue weighted by Gasteiger charge is -2.19. The minimum Gasteiger partial charge on any atom is -0.362 e. The average Bonchev–Trinajstić information content (AvgIpc) is 2.41. The second-order valence-corrected chi connectivity index (χ2v) is 4.06. The van der Waals surface area contributed by atoms with E-state index in [-0.39, 0.29) is 0 Å². The number of hydrogen-bond donors (Lipinski definition) is 0. The summed E-state index contributed by atoms with van der Waals surface area (Å²) in [6, 6.07) is 0. The van der Waals surface area contributed by atoms with Crippen LogP contribution in [0, 0.1) is 5.92 Å². The molecule has 1 atom stereocenters. The van der Waals surface area contributed by atoms with E-state index in [0.29, 0.717) is 5.92 Å². The minimum atomic E-state index is 0.487. The molecule has 0 spiro atoms. The molecule has 70 valence electrons. The molecule has 2 heteroatoms. The number of rotatable bonds is 0. The predicted molar refractivity (Wildman–Crippen MR) is 52.5 cm³/mol. The number of nitrogens with zero attached hydrogens (tertiary/aromatic N) is 2. The van der Waals surface area contributed by atoms with Crippen LogP contribution in [0.1, 0.15) is 44.9 Å². The molecule has 2 nitrogen and oxygen atoms in total. The highest BCUT2D eigenvalue weighted by Gasteiger charge is 2.31. The van der Waals surface area contributed by atoms with E-state index in [1.54, 1.807) is 0 Å². The highest BCUT2D eigenvalue weighted by molar-refractivity contribution is 5.85. The zero-order chi connectivity index (χ0) is 9.10. The van der Waals surface area contributed by atoms with Gasteiger partial charge in [-0.2, -0.15) is 4.79 Å². The second kappa shape index (κ2) is 3.89. The van der Waals surface area contributed by atoms with Crippen molar-refractivity contribution >= 4 is 5.71 Å². The molecule has 0 saturated heterocycles. The number of allylic oxidation sites excluding steroid dienone is 2. The fourth-order valence-corrected chi connectivity index (χ4v) is 2.53. The van der Waals surface area contributed by atoms with Crippen LogP contribution in [0.25, 0.3) is 5.53 Å². The Kier molecular flexibility index (Phi) is 2.60. The number of fused-ring (bicyclic) bond motifs is 1. The first-order valence-electron chi connectivity index (χ1n) is 5.31. The van der Waals surface area contributed by atoms with Gasteiger partial charge in [-0.05, 0) is 32.1 Å². The smallest absolute Gasteiger partial charge is 0.275 e. The Balaban J connectivity index is 2.25. The lowest BCUT2D eigenvalue weighted by atomic mass is 9.81. The lowest BCUT2D eigenvalue weighted by Crippen LogP contribution is -2.22. The summed E-state index contributed by atoms with van der Waals surface area (Å²) >= 11 is 0. The molecule has 2 aliphatic carbocycles.